The van der Waals surface area contributed by atoms with Gasteiger partial charge in [-0.1, -0.05) is 12.1 Å². The molecule has 2 aromatic rings. The second-order valence-corrected chi connectivity index (χ2v) is 5.15. The Morgan fingerprint density at radius 2 is 2.35 bits per heavy atom. The number of nitrogens with zero attached hydrogens (tertiary/aromatic N) is 2. The quantitative estimate of drug-likeness (QED) is 0.877. The fourth-order valence-corrected chi connectivity index (χ4v) is 2.70. The van der Waals surface area contributed by atoms with Crippen LogP contribution in [0.2, 0.25) is 0 Å². The third-order valence-corrected chi connectivity index (χ3v) is 3.59. The largest absolute Gasteiger partial charge is 0.506 e. The minimum absolute atomic E-state index is 0.0287. The average molecular weight is 271 g/mol. The van der Waals surface area contributed by atoms with E-state index < -0.39 is 0 Å². The standard InChI is InChI=1S/C15H17N3O2/c1-10-8-12(17-16-10)9-14(20)18-7-3-5-11-4-2-6-13(19)15(11)18/h2,4,6,8,19H,3,5,7,9H2,1H3,(H,16,17). The van der Waals surface area contributed by atoms with Crippen molar-refractivity contribution < 1.29 is 9.90 Å². The van der Waals surface area contributed by atoms with Gasteiger partial charge in [0.15, 0.2) is 0 Å². The summed E-state index contributed by atoms with van der Waals surface area (Å²) in [4.78, 5) is 14.1. The van der Waals surface area contributed by atoms with E-state index in [4.69, 9.17) is 0 Å². The molecule has 0 unspecified atom stereocenters. The summed E-state index contributed by atoms with van der Waals surface area (Å²) in [5, 5.41) is 17.0. The predicted molar refractivity (Wildman–Crippen MR) is 75.8 cm³/mol. The smallest absolute Gasteiger partial charge is 0.233 e. The number of aromatic amines is 1. The molecular formula is C15H17N3O2. The summed E-state index contributed by atoms with van der Waals surface area (Å²) in [6.07, 6.45) is 2.06. The van der Waals surface area contributed by atoms with Gasteiger partial charge in [0.05, 0.1) is 17.8 Å². The van der Waals surface area contributed by atoms with Gasteiger partial charge in [-0.2, -0.15) is 5.10 Å². The number of H-pyrrole nitrogens is 1. The Kier molecular flexibility index (Phi) is 3.18. The highest BCUT2D eigenvalue weighted by Gasteiger charge is 2.25. The number of rotatable bonds is 2. The van der Waals surface area contributed by atoms with Crippen LogP contribution in [0, 0.1) is 6.92 Å². The summed E-state index contributed by atoms with van der Waals surface area (Å²) in [7, 11) is 0. The number of phenolic OH excluding ortho intramolecular Hbond substituents is 1. The van der Waals surface area contributed by atoms with Gasteiger partial charge in [-0.25, -0.2) is 0 Å². The third-order valence-electron chi connectivity index (χ3n) is 3.59. The van der Waals surface area contributed by atoms with Gasteiger partial charge in [0.1, 0.15) is 5.75 Å². The molecule has 104 valence electrons. The monoisotopic (exact) mass is 271 g/mol. The number of para-hydroxylation sites is 1. The molecular weight excluding hydrogens is 254 g/mol. The molecule has 2 heterocycles. The topological polar surface area (TPSA) is 69.2 Å². The molecule has 0 fully saturated rings. The molecule has 1 aromatic heterocycles. The Hall–Kier alpha value is -2.30. The summed E-state index contributed by atoms with van der Waals surface area (Å²) < 4.78 is 0. The fourth-order valence-electron chi connectivity index (χ4n) is 2.70. The molecule has 0 atom stereocenters. The average Bonchev–Trinajstić information content (AvgIpc) is 2.84. The minimum Gasteiger partial charge on any atom is -0.506 e. The zero-order valence-corrected chi connectivity index (χ0v) is 11.4. The molecule has 1 aliphatic rings. The molecule has 0 radical (unpaired) electrons. The molecule has 1 aromatic carbocycles. The molecule has 5 heteroatoms. The number of phenols is 1. The van der Waals surface area contributed by atoms with E-state index in [9.17, 15) is 9.90 Å². The maximum atomic E-state index is 12.5. The van der Waals surface area contributed by atoms with Gasteiger partial charge in [0.2, 0.25) is 5.91 Å². The number of fused-ring (bicyclic) bond motifs is 1. The Bertz CT molecular complexity index is 648. The fraction of sp³-hybridized carbons (Fsp3) is 0.333. The first-order valence-electron chi connectivity index (χ1n) is 6.77. The zero-order valence-electron chi connectivity index (χ0n) is 11.4. The highest BCUT2D eigenvalue weighted by Crippen LogP contribution is 2.35. The maximum Gasteiger partial charge on any atom is 0.233 e. The number of aromatic hydroxyl groups is 1. The van der Waals surface area contributed by atoms with Crippen LogP contribution >= 0.6 is 0 Å². The summed E-state index contributed by atoms with van der Waals surface area (Å²) in [5.41, 5.74) is 3.36. The Labute approximate surface area is 117 Å². The van der Waals surface area contributed by atoms with E-state index in [2.05, 4.69) is 10.2 Å². The number of carbonyl (C=O) groups excluding carboxylic acids is 1. The number of aromatic nitrogens is 2. The summed E-state index contributed by atoms with van der Waals surface area (Å²) in [6.45, 7) is 2.55. The van der Waals surface area contributed by atoms with Gasteiger partial charge in [0, 0.05) is 12.2 Å². The van der Waals surface area contributed by atoms with Crippen LogP contribution in [-0.2, 0) is 17.6 Å². The molecule has 0 spiro atoms. The molecule has 0 bridgehead atoms. The highest BCUT2D eigenvalue weighted by atomic mass is 16.3. The lowest BCUT2D eigenvalue weighted by molar-refractivity contribution is -0.118. The van der Waals surface area contributed by atoms with Crippen molar-refractivity contribution in [3.63, 3.8) is 0 Å². The van der Waals surface area contributed by atoms with Gasteiger partial charge >= 0.3 is 0 Å². The van der Waals surface area contributed by atoms with Crippen molar-refractivity contribution in [1.29, 1.82) is 0 Å². The number of benzene rings is 1. The number of hydrogen-bond acceptors (Lipinski definition) is 3. The van der Waals surface area contributed by atoms with E-state index in [-0.39, 0.29) is 18.1 Å². The van der Waals surface area contributed by atoms with E-state index in [1.54, 1.807) is 11.0 Å². The lowest BCUT2D eigenvalue weighted by Gasteiger charge is -2.30. The molecule has 0 aliphatic carbocycles. The molecule has 0 saturated carbocycles. The summed E-state index contributed by atoms with van der Waals surface area (Å²) in [6, 6.07) is 7.28. The summed E-state index contributed by atoms with van der Waals surface area (Å²) in [5.74, 6) is 0.146. The van der Waals surface area contributed by atoms with Crippen molar-refractivity contribution in [2.75, 3.05) is 11.4 Å². The maximum absolute atomic E-state index is 12.5. The van der Waals surface area contributed by atoms with Crippen LogP contribution in [0.1, 0.15) is 23.4 Å². The van der Waals surface area contributed by atoms with Crippen molar-refractivity contribution in [3.8, 4) is 5.75 Å². The molecule has 3 rings (SSSR count). The molecule has 1 amide bonds. The number of nitrogens with one attached hydrogen (secondary N) is 1. The van der Waals surface area contributed by atoms with Crippen molar-refractivity contribution in [1.82, 2.24) is 10.2 Å². The second kappa shape index (κ2) is 5.00. The van der Waals surface area contributed by atoms with Crippen LogP contribution in [0.4, 0.5) is 5.69 Å². The lowest BCUT2D eigenvalue weighted by atomic mass is 10.0. The van der Waals surface area contributed by atoms with Crippen LogP contribution in [0.3, 0.4) is 0 Å². The van der Waals surface area contributed by atoms with E-state index in [1.807, 2.05) is 25.1 Å². The SMILES string of the molecule is Cc1cc(CC(=O)N2CCCc3cccc(O)c32)n[nH]1. The molecule has 1 aliphatic heterocycles. The van der Waals surface area contributed by atoms with Gasteiger partial charge in [0.25, 0.3) is 0 Å². The van der Waals surface area contributed by atoms with Gasteiger partial charge in [-0.15, -0.1) is 0 Å². The minimum atomic E-state index is -0.0287. The normalized spacial score (nSPS) is 14.2. The van der Waals surface area contributed by atoms with Crippen molar-refractivity contribution in [3.05, 3.63) is 41.2 Å². The first-order valence-corrected chi connectivity index (χ1v) is 6.77. The molecule has 2 N–H and O–H groups in total. The second-order valence-electron chi connectivity index (χ2n) is 5.15. The van der Waals surface area contributed by atoms with E-state index in [0.29, 0.717) is 12.2 Å². The van der Waals surface area contributed by atoms with E-state index in [1.165, 1.54) is 0 Å². The summed E-state index contributed by atoms with van der Waals surface area (Å²) >= 11 is 0. The first kappa shape index (κ1) is 12.7. The molecule has 5 nitrogen and oxygen atoms in total. The molecule has 0 saturated heterocycles. The van der Waals surface area contributed by atoms with E-state index in [0.717, 1.165) is 29.8 Å². The van der Waals surface area contributed by atoms with Crippen LogP contribution in [0.25, 0.3) is 0 Å². The zero-order chi connectivity index (χ0) is 14.1. The van der Waals surface area contributed by atoms with Crippen LogP contribution in [-0.4, -0.2) is 27.8 Å². The van der Waals surface area contributed by atoms with Gasteiger partial charge in [-0.05, 0) is 37.5 Å². The first-order chi connectivity index (χ1) is 9.65. The Morgan fingerprint density at radius 1 is 1.50 bits per heavy atom. The van der Waals surface area contributed by atoms with Crippen LogP contribution in [0.5, 0.6) is 5.75 Å². The van der Waals surface area contributed by atoms with Crippen molar-refractivity contribution in [2.45, 2.75) is 26.2 Å². The Balaban J connectivity index is 1.87. The number of carbonyl (C=O) groups is 1. The third kappa shape index (κ3) is 2.27. The van der Waals surface area contributed by atoms with Crippen LogP contribution in [0.15, 0.2) is 24.3 Å². The van der Waals surface area contributed by atoms with Crippen LogP contribution < -0.4 is 4.90 Å². The number of aryl methyl sites for hydroxylation is 2. The van der Waals surface area contributed by atoms with Gasteiger partial charge < -0.3 is 10.0 Å². The number of anilines is 1. The highest BCUT2D eigenvalue weighted by molar-refractivity contribution is 5.97. The number of amides is 1. The van der Waals surface area contributed by atoms with Crippen molar-refractivity contribution in [2.24, 2.45) is 0 Å². The number of hydrogen-bond donors (Lipinski definition) is 2. The van der Waals surface area contributed by atoms with Crippen molar-refractivity contribution >= 4 is 11.6 Å². The lowest BCUT2D eigenvalue weighted by Crippen LogP contribution is -2.36. The van der Waals surface area contributed by atoms with E-state index >= 15 is 0 Å². The van der Waals surface area contributed by atoms with Gasteiger partial charge in [-0.3, -0.25) is 9.89 Å². The molecule has 20 heavy (non-hydrogen) atoms. The Morgan fingerprint density at radius 3 is 3.10 bits per heavy atom. The predicted octanol–water partition coefficient (Wildman–Crippen LogP) is 1.95.